The first-order chi connectivity index (χ1) is 15.8. The lowest BCUT2D eigenvalue weighted by atomic mass is 10.0. The molecule has 0 bridgehead atoms. The predicted octanol–water partition coefficient (Wildman–Crippen LogP) is 1.98. The van der Waals surface area contributed by atoms with Crippen molar-refractivity contribution in [1.29, 1.82) is 0 Å². The van der Waals surface area contributed by atoms with Crippen LogP contribution in [0.3, 0.4) is 0 Å². The highest BCUT2D eigenvalue weighted by molar-refractivity contribution is 6.10. The van der Waals surface area contributed by atoms with Gasteiger partial charge in [-0.1, -0.05) is 24.3 Å². The van der Waals surface area contributed by atoms with Crippen LogP contribution in [0, 0.1) is 6.92 Å². The van der Waals surface area contributed by atoms with Gasteiger partial charge in [-0.25, -0.2) is 4.98 Å². The van der Waals surface area contributed by atoms with Crippen molar-refractivity contribution in [3.05, 3.63) is 71.9 Å². The number of nitrogens with one attached hydrogen (secondary N) is 1. The van der Waals surface area contributed by atoms with Gasteiger partial charge in [0, 0.05) is 26.6 Å². The van der Waals surface area contributed by atoms with Crippen LogP contribution in [-0.4, -0.2) is 59.3 Å². The van der Waals surface area contributed by atoms with Crippen LogP contribution in [0.1, 0.15) is 21.9 Å². The second-order valence-corrected chi connectivity index (χ2v) is 7.31. The Morgan fingerprint density at radius 2 is 1.70 bits per heavy atom. The number of hydrogen-bond acceptors (Lipinski definition) is 7. The predicted molar refractivity (Wildman–Crippen MR) is 119 cm³/mol. The number of oxazole rings is 1. The standard InChI is InChI=1S/C24H25N3O6/c1-15-26-19(13-32-15)14-33-20-10-8-17(9-11-20)16-4-6-18(7-5-16)24(31)27(3)22(21(29)12-28)23(30)25-2/h4-11,13,22,28H,12,14H2,1-3H3,(H,25,30). The zero-order chi connectivity index (χ0) is 24.0. The molecule has 2 amide bonds. The van der Waals surface area contributed by atoms with E-state index in [1.54, 1.807) is 37.5 Å². The number of rotatable bonds is 9. The normalized spacial score (nSPS) is 11.5. The molecular formula is C24H25N3O6. The number of aliphatic hydroxyl groups excluding tert-OH is 1. The van der Waals surface area contributed by atoms with Gasteiger partial charge < -0.3 is 24.5 Å². The minimum absolute atomic E-state index is 0.302. The highest BCUT2D eigenvalue weighted by Gasteiger charge is 2.32. The Hall–Kier alpha value is -3.98. The molecular weight excluding hydrogens is 426 g/mol. The van der Waals surface area contributed by atoms with Crippen molar-refractivity contribution < 1.29 is 28.6 Å². The lowest BCUT2D eigenvalue weighted by molar-refractivity contribution is -0.135. The highest BCUT2D eigenvalue weighted by Crippen LogP contribution is 2.24. The molecule has 0 aliphatic heterocycles. The lowest BCUT2D eigenvalue weighted by Crippen LogP contribution is -2.52. The summed E-state index contributed by atoms with van der Waals surface area (Å²) in [6, 6.07) is 12.9. The number of nitrogens with zero attached hydrogens (tertiary/aromatic N) is 2. The molecule has 0 saturated heterocycles. The van der Waals surface area contributed by atoms with E-state index in [1.165, 1.54) is 14.1 Å². The van der Waals surface area contributed by atoms with E-state index in [2.05, 4.69) is 10.3 Å². The van der Waals surface area contributed by atoms with Gasteiger partial charge in [0.2, 0.25) is 5.91 Å². The van der Waals surface area contributed by atoms with Crippen LogP contribution in [0.2, 0.25) is 0 Å². The maximum Gasteiger partial charge on any atom is 0.254 e. The van der Waals surface area contributed by atoms with Crippen molar-refractivity contribution in [2.24, 2.45) is 0 Å². The number of Topliss-reactive ketones (excluding diaryl/α,β-unsaturated/α-hetero) is 1. The van der Waals surface area contributed by atoms with Crippen molar-refractivity contribution in [2.75, 3.05) is 20.7 Å². The third-order valence-electron chi connectivity index (χ3n) is 5.04. The molecule has 33 heavy (non-hydrogen) atoms. The SMILES string of the molecule is CNC(=O)C(C(=O)CO)N(C)C(=O)c1ccc(-c2ccc(OCc3coc(C)n3)cc2)cc1. The van der Waals surface area contributed by atoms with Gasteiger partial charge in [0.15, 0.2) is 17.7 Å². The number of aromatic nitrogens is 1. The number of aryl methyl sites for hydroxylation is 1. The Morgan fingerprint density at radius 1 is 1.09 bits per heavy atom. The van der Waals surface area contributed by atoms with Crippen molar-refractivity contribution in [1.82, 2.24) is 15.2 Å². The molecule has 0 aliphatic carbocycles. The summed E-state index contributed by atoms with van der Waals surface area (Å²) >= 11 is 0. The molecule has 172 valence electrons. The summed E-state index contributed by atoms with van der Waals surface area (Å²) in [5, 5.41) is 11.5. The molecule has 3 aromatic rings. The van der Waals surface area contributed by atoms with Crippen LogP contribution < -0.4 is 10.1 Å². The number of aliphatic hydroxyl groups is 1. The monoisotopic (exact) mass is 451 g/mol. The molecule has 2 aromatic carbocycles. The van der Waals surface area contributed by atoms with Crippen LogP contribution in [0.15, 0.2) is 59.2 Å². The van der Waals surface area contributed by atoms with Gasteiger partial charge in [-0.15, -0.1) is 0 Å². The quantitative estimate of drug-likeness (QED) is 0.477. The fraction of sp³-hybridized carbons (Fsp3) is 0.250. The zero-order valence-corrected chi connectivity index (χ0v) is 18.6. The Labute approximate surface area is 191 Å². The number of carbonyl (C=O) groups is 3. The van der Waals surface area contributed by atoms with Gasteiger partial charge in [0.05, 0.1) is 0 Å². The van der Waals surface area contributed by atoms with Gasteiger partial charge in [0.25, 0.3) is 5.91 Å². The molecule has 1 atom stereocenters. The van der Waals surface area contributed by atoms with Crippen molar-refractivity contribution in [3.63, 3.8) is 0 Å². The summed E-state index contributed by atoms with van der Waals surface area (Å²) in [6.45, 7) is 1.23. The first-order valence-electron chi connectivity index (χ1n) is 10.2. The van der Waals surface area contributed by atoms with Gasteiger partial charge >= 0.3 is 0 Å². The van der Waals surface area contributed by atoms with Crippen molar-refractivity contribution >= 4 is 17.6 Å². The van der Waals surface area contributed by atoms with Crippen molar-refractivity contribution in [3.8, 4) is 16.9 Å². The summed E-state index contributed by atoms with van der Waals surface area (Å²) in [7, 11) is 2.71. The number of benzene rings is 2. The maximum atomic E-state index is 12.8. The molecule has 1 heterocycles. The van der Waals surface area contributed by atoms with Gasteiger partial charge in [-0.2, -0.15) is 0 Å². The van der Waals surface area contributed by atoms with Crippen LogP contribution in [-0.2, 0) is 16.2 Å². The number of hydrogen-bond donors (Lipinski definition) is 2. The minimum Gasteiger partial charge on any atom is -0.487 e. The fourth-order valence-electron chi connectivity index (χ4n) is 3.26. The molecule has 0 spiro atoms. The molecule has 2 N–H and O–H groups in total. The largest absolute Gasteiger partial charge is 0.487 e. The number of amides is 2. The average Bonchev–Trinajstić information content (AvgIpc) is 3.27. The van der Waals surface area contributed by atoms with E-state index in [0.29, 0.717) is 29.5 Å². The molecule has 9 nitrogen and oxygen atoms in total. The highest BCUT2D eigenvalue weighted by atomic mass is 16.5. The van der Waals surface area contributed by atoms with Crippen molar-refractivity contribution in [2.45, 2.75) is 19.6 Å². The minimum atomic E-state index is -1.40. The lowest BCUT2D eigenvalue weighted by Gasteiger charge is -2.25. The summed E-state index contributed by atoms with van der Waals surface area (Å²) in [4.78, 5) is 42.0. The van der Waals surface area contributed by atoms with Gasteiger partial charge in [0.1, 0.15) is 30.9 Å². The Bertz CT molecular complexity index is 1110. The summed E-state index contributed by atoms with van der Waals surface area (Å²) in [5.41, 5.74) is 2.82. The molecule has 3 rings (SSSR count). The zero-order valence-electron chi connectivity index (χ0n) is 18.6. The van der Waals surface area contributed by atoms with Gasteiger partial charge in [-0.05, 0) is 35.4 Å². The van der Waals surface area contributed by atoms with Crippen LogP contribution in [0.25, 0.3) is 11.1 Å². The number of likely N-dealkylation sites (N-methyl/N-ethyl adjacent to an activating group) is 2. The number of ketones is 1. The maximum absolute atomic E-state index is 12.8. The van der Waals surface area contributed by atoms with E-state index >= 15 is 0 Å². The summed E-state index contributed by atoms with van der Waals surface area (Å²) < 4.78 is 10.9. The molecule has 0 radical (unpaired) electrons. The number of carbonyl (C=O) groups excluding carboxylic acids is 3. The van der Waals surface area contributed by atoms with E-state index in [-0.39, 0.29) is 0 Å². The summed E-state index contributed by atoms with van der Waals surface area (Å²) in [5.74, 6) is -0.669. The average molecular weight is 451 g/mol. The first-order valence-corrected chi connectivity index (χ1v) is 10.2. The molecule has 0 aliphatic rings. The second kappa shape index (κ2) is 10.6. The topological polar surface area (TPSA) is 122 Å². The third-order valence-corrected chi connectivity index (χ3v) is 5.04. The van der Waals surface area contributed by atoms with E-state index in [9.17, 15) is 14.4 Å². The van der Waals surface area contributed by atoms with E-state index < -0.39 is 30.2 Å². The molecule has 0 fully saturated rings. The van der Waals surface area contributed by atoms with Crippen LogP contribution in [0.4, 0.5) is 0 Å². The molecule has 1 unspecified atom stereocenters. The smallest absolute Gasteiger partial charge is 0.254 e. The van der Waals surface area contributed by atoms with Crippen LogP contribution in [0.5, 0.6) is 5.75 Å². The number of ether oxygens (including phenoxy) is 1. The van der Waals surface area contributed by atoms with E-state index in [1.807, 2.05) is 24.3 Å². The third kappa shape index (κ3) is 5.64. The van der Waals surface area contributed by atoms with E-state index in [4.69, 9.17) is 14.3 Å². The second-order valence-electron chi connectivity index (χ2n) is 7.31. The van der Waals surface area contributed by atoms with Crippen LogP contribution >= 0.6 is 0 Å². The van der Waals surface area contributed by atoms with E-state index in [0.717, 1.165) is 16.0 Å². The Kier molecular flexibility index (Phi) is 7.57. The molecule has 0 saturated carbocycles. The Morgan fingerprint density at radius 3 is 2.21 bits per heavy atom. The molecule has 1 aromatic heterocycles. The van der Waals surface area contributed by atoms with Gasteiger partial charge in [-0.3, -0.25) is 14.4 Å². The molecule has 9 heteroatoms. The first kappa shape index (κ1) is 23.7. The fourth-order valence-corrected chi connectivity index (χ4v) is 3.26. The summed E-state index contributed by atoms with van der Waals surface area (Å²) in [6.07, 6.45) is 1.56. The Balaban J connectivity index is 1.68.